The van der Waals surface area contributed by atoms with Crippen molar-refractivity contribution >= 4 is 11.9 Å². The van der Waals surface area contributed by atoms with Crippen molar-refractivity contribution in [3.05, 3.63) is 65.2 Å². The highest BCUT2D eigenvalue weighted by Crippen LogP contribution is 2.22. The zero-order chi connectivity index (χ0) is 22.6. The number of aryl methyl sites for hydroxylation is 1. The number of nitrogens with zero attached hydrogens (tertiary/aromatic N) is 2. The first-order valence-electron chi connectivity index (χ1n) is 11.7. The molecule has 32 heavy (non-hydrogen) atoms. The number of guanidine groups is 1. The molecular weight excluding hydrogens is 400 g/mol. The van der Waals surface area contributed by atoms with Crippen molar-refractivity contribution in [2.45, 2.75) is 52.1 Å². The normalized spacial score (nSPS) is 13.1. The van der Waals surface area contributed by atoms with Crippen LogP contribution in [-0.2, 0) is 24.3 Å². The summed E-state index contributed by atoms with van der Waals surface area (Å²) < 4.78 is 5.20. The Bertz CT molecular complexity index is 855. The molecular formula is C26H36N4O2. The number of carbonyl (C=O) groups excluding carboxylic acids is 1. The second-order valence-corrected chi connectivity index (χ2v) is 8.11. The van der Waals surface area contributed by atoms with E-state index in [-0.39, 0.29) is 5.91 Å². The van der Waals surface area contributed by atoms with E-state index < -0.39 is 0 Å². The van der Waals surface area contributed by atoms with E-state index in [4.69, 9.17) is 4.74 Å². The van der Waals surface area contributed by atoms with Gasteiger partial charge in [0.1, 0.15) is 5.75 Å². The molecule has 0 atom stereocenters. The standard InChI is InChI=1S/C26H36N4O2/c1-3-27-26(28-17-7-6-9-21-13-15-24(32-2)16-14-21)29-18-8-12-25(31)30-19-22-10-4-5-11-23(22)20-30/h4-5,10-11,13-16H,3,6-9,12,17-20H2,1-2H3,(H2,27,28,29). The van der Waals surface area contributed by atoms with Gasteiger partial charge in [-0.15, -0.1) is 0 Å². The van der Waals surface area contributed by atoms with Gasteiger partial charge in [0.15, 0.2) is 5.96 Å². The van der Waals surface area contributed by atoms with E-state index in [1.165, 1.54) is 16.7 Å². The average Bonchev–Trinajstić information content (AvgIpc) is 3.26. The quantitative estimate of drug-likeness (QED) is 0.319. The van der Waals surface area contributed by atoms with Crippen LogP contribution in [-0.4, -0.2) is 43.5 Å². The monoisotopic (exact) mass is 436 g/mol. The number of hydrogen-bond acceptors (Lipinski definition) is 3. The van der Waals surface area contributed by atoms with Crippen LogP contribution in [0.25, 0.3) is 0 Å². The maximum Gasteiger partial charge on any atom is 0.223 e. The van der Waals surface area contributed by atoms with Crippen LogP contribution in [0.2, 0.25) is 0 Å². The molecule has 1 heterocycles. The van der Waals surface area contributed by atoms with Gasteiger partial charge in [0, 0.05) is 39.1 Å². The third kappa shape index (κ3) is 7.29. The first kappa shape index (κ1) is 23.6. The van der Waals surface area contributed by atoms with E-state index in [2.05, 4.69) is 46.8 Å². The zero-order valence-electron chi connectivity index (χ0n) is 19.4. The number of methoxy groups -OCH3 is 1. The lowest BCUT2D eigenvalue weighted by Gasteiger charge is -2.15. The number of hydrogen-bond donors (Lipinski definition) is 2. The summed E-state index contributed by atoms with van der Waals surface area (Å²) in [6.07, 6.45) is 4.55. The molecule has 0 fully saturated rings. The topological polar surface area (TPSA) is 66.0 Å². The number of fused-ring (bicyclic) bond motifs is 1. The van der Waals surface area contributed by atoms with Gasteiger partial charge in [0.25, 0.3) is 0 Å². The number of benzene rings is 2. The summed E-state index contributed by atoms with van der Waals surface area (Å²) in [4.78, 5) is 19.1. The fourth-order valence-electron chi connectivity index (χ4n) is 3.88. The number of rotatable bonds is 11. The van der Waals surface area contributed by atoms with E-state index in [0.717, 1.165) is 63.6 Å². The number of carbonyl (C=O) groups is 1. The summed E-state index contributed by atoms with van der Waals surface area (Å²) in [5, 5.41) is 6.69. The molecule has 2 aromatic carbocycles. The highest BCUT2D eigenvalue weighted by Gasteiger charge is 2.22. The van der Waals surface area contributed by atoms with Crippen LogP contribution in [0.15, 0.2) is 53.5 Å². The molecule has 1 aliphatic rings. The fourth-order valence-corrected chi connectivity index (χ4v) is 3.88. The van der Waals surface area contributed by atoms with Crippen LogP contribution in [0.5, 0.6) is 5.75 Å². The van der Waals surface area contributed by atoms with Crippen LogP contribution in [0, 0.1) is 0 Å². The predicted molar refractivity (Wildman–Crippen MR) is 130 cm³/mol. The summed E-state index contributed by atoms with van der Waals surface area (Å²) in [7, 11) is 1.69. The number of ether oxygens (including phenoxy) is 1. The SMILES string of the molecule is CCNC(=NCCCC(=O)N1Cc2ccccc2C1)NCCCCc1ccc(OC)cc1. The molecule has 0 bridgehead atoms. The molecule has 0 radical (unpaired) electrons. The molecule has 6 nitrogen and oxygen atoms in total. The minimum Gasteiger partial charge on any atom is -0.497 e. The smallest absolute Gasteiger partial charge is 0.223 e. The maximum atomic E-state index is 12.5. The molecule has 0 saturated heterocycles. The second kappa shape index (κ2) is 12.7. The van der Waals surface area contributed by atoms with Crippen LogP contribution in [0.4, 0.5) is 0 Å². The van der Waals surface area contributed by atoms with E-state index in [1.807, 2.05) is 29.2 Å². The van der Waals surface area contributed by atoms with Gasteiger partial charge in [-0.3, -0.25) is 9.79 Å². The summed E-state index contributed by atoms with van der Waals surface area (Å²) in [6, 6.07) is 16.6. The van der Waals surface area contributed by atoms with Crippen molar-refractivity contribution in [1.29, 1.82) is 0 Å². The summed E-state index contributed by atoms with van der Waals surface area (Å²) in [6.45, 7) is 5.89. The van der Waals surface area contributed by atoms with Crippen molar-refractivity contribution in [3.8, 4) is 5.75 Å². The van der Waals surface area contributed by atoms with Gasteiger partial charge in [-0.05, 0) is 61.4 Å². The Labute approximate surface area is 192 Å². The number of amides is 1. The van der Waals surface area contributed by atoms with Gasteiger partial charge in [0.05, 0.1) is 7.11 Å². The molecule has 2 aromatic rings. The number of aliphatic imine (C=N–C) groups is 1. The van der Waals surface area contributed by atoms with Crippen LogP contribution in [0.1, 0.15) is 49.3 Å². The van der Waals surface area contributed by atoms with Crippen LogP contribution in [0.3, 0.4) is 0 Å². The molecule has 6 heteroatoms. The van der Waals surface area contributed by atoms with Gasteiger partial charge in [-0.25, -0.2) is 0 Å². The number of nitrogens with one attached hydrogen (secondary N) is 2. The largest absolute Gasteiger partial charge is 0.497 e. The third-order valence-electron chi connectivity index (χ3n) is 5.70. The highest BCUT2D eigenvalue weighted by atomic mass is 16.5. The van der Waals surface area contributed by atoms with E-state index in [0.29, 0.717) is 13.0 Å². The molecule has 0 saturated carbocycles. The lowest BCUT2D eigenvalue weighted by Crippen LogP contribution is -2.38. The van der Waals surface area contributed by atoms with Gasteiger partial charge < -0.3 is 20.3 Å². The highest BCUT2D eigenvalue weighted by molar-refractivity contribution is 5.80. The van der Waals surface area contributed by atoms with Crippen molar-refractivity contribution in [1.82, 2.24) is 15.5 Å². The first-order valence-corrected chi connectivity index (χ1v) is 11.7. The fraction of sp³-hybridized carbons (Fsp3) is 0.462. The Morgan fingerprint density at radius 2 is 1.72 bits per heavy atom. The van der Waals surface area contributed by atoms with Gasteiger partial charge >= 0.3 is 0 Å². The summed E-state index contributed by atoms with van der Waals surface area (Å²) in [5.74, 6) is 1.94. The lowest BCUT2D eigenvalue weighted by molar-refractivity contribution is -0.131. The zero-order valence-corrected chi connectivity index (χ0v) is 19.4. The molecule has 1 aliphatic heterocycles. The Morgan fingerprint density at radius 3 is 2.38 bits per heavy atom. The molecule has 1 amide bonds. The molecule has 172 valence electrons. The van der Waals surface area contributed by atoms with E-state index in [1.54, 1.807) is 7.11 Å². The molecule has 0 unspecified atom stereocenters. The predicted octanol–water partition coefficient (Wildman–Crippen LogP) is 3.90. The number of unbranched alkanes of at least 4 members (excludes halogenated alkanes) is 1. The molecule has 0 aromatic heterocycles. The summed E-state index contributed by atoms with van der Waals surface area (Å²) in [5.41, 5.74) is 3.87. The van der Waals surface area contributed by atoms with Crippen LogP contribution >= 0.6 is 0 Å². The molecule has 3 rings (SSSR count). The first-order chi connectivity index (χ1) is 15.7. The minimum atomic E-state index is 0.216. The molecule has 2 N–H and O–H groups in total. The van der Waals surface area contributed by atoms with Crippen molar-refractivity contribution in [2.75, 3.05) is 26.7 Å². The maximum absolute atomic E-state index is 12.5. The Morgan fingerprint density at radius 1 is 1.00 bits per heavy atom. The van der Waals surface area contributed by atoms with E-state index >= 15 is 0 Å². The van der Waals surface area contributed by atoms with Crippen molar-refractivity contribution in [2.24, 2.45) is 4.99 Å². The molecule has 0 aliphatic carbocycles. The Balaban J connectivity index is 1.31. The summed E-state index contributed by atoms with van der Waals surface area (Å²) >= 11 is 0. The second-order valence-electron chi connectivity index (χ2n) is 8.11. The van der Waals surface area contributed by atoms with Crippen molar-refractivity contribution < 1.29 is 9.53 Å². The van der Waals surface area contributed by atoms with Gasteiger partial charge in [0.2, 0.25) is 5.91 Å². The Kier molecular flexibility index (Phi) is 9.41. The average molecular weight is 437 g/mol. The van der Waals surface area contributed by atoms with Crippen LogP contribution < -0.4 is 15.4 Å². The third-order valence-corrected chi connectivity index (χ3v) is 5.70. The van der Waals surface area contributed by atoms with Gasteiger partial charge in [-0.2, -0.15) is 0 Å². The lowest BCUT2D eigenvalue weighted by atomic mass is 10.1. The molecule has 0 spiro atoms. The van der Waals surface area contributed by atoms with Crippen molar-refractivity contribution in [3.63, 3.8) is 0 Å². The Hall–Kier alpha value is -3.02. The minimum absolute atomic E-state index is 0.216. The van der Waals surface area contributed by atoms with Gasteiger partial charge in [-0.1, -0.05) is 36.4 Å². The van der Waals surface area contributed by atoms with E-state index in [9.17, 15) is 4.79 Å².